The van der Waals surface area contributed by atoms with Gasteiger partial charge in [0.2, 0.25) is 0 Å². The van der Waals surface area contributed by atoms with E-state index in [0.29, 0.717) is 0 Å². The number of aryl methyl sites for hydroxylation is 1. The summed E-state index contributed by atoms with van der Waals surface area (Å²) >= 11 is 0. The third kappa shape index (κ3) is 1.89. The molecular formula is C16H17NO. The number of hydrogen-bond donors (Lipinski definition) is 1. The first-order valence-electron chi connectivity index (χ1n) is 6.32. The van der Waals surface area contributed by atoms with E-state index in [1.807, 2.05) is 0 Å². The maximum atomic E-state index is 6.36. The van der Waals surface area contributed by atoms with E-state index < -0.39 is 0 Å². The first kappa shape index (κ1) is 11.3. The van der Waals surface area contributed by atoms with E-state index in [1.165, 1.54) is 11.1 Å². The van der Waals surface area contributed by atoms with Crippen molar-refractivity contribution in [3.05, 3.63) is 64.7 Å². The van der Waals surface area contributed by atoms with Crippen LogP contribution in [0.5, 0.6) is 5.75 Å². The Bertz CT molecular complexity index is 560. The van der Waals surface area contributed by atoms with E-state index in [4.69, 9.17) is 10.5 Å². The Hall–Kier alpha value is -1.80. The lowest BCUT2D eigenvalue weighted by molar-refractivity contribution is 0.352. The fraction of sp³-hybridized carbons (Fsp3) is 0.250. The number of nitrogens with two attached hydrogens (primary N) is 1. The lowest BCUT2D eigenvalue weighted by Crippen LogP contribution is -2.12. The van der Waals surface area contributed by atoms with Crippen LogP contribution in [0.25, 0.3) is 0 Å². The van der Waals surface area contributed by atoms with Gasteiger partial charge in [0.15, 0.2) is 0 Å². The highest BCUT2D eigenvalue weighted by Gasteiger charge is 2.20. The summed E-state index contributed by atoms with van der Waals surface area (Å²) in [5, 5.41) is 0. The van der Waals surface area contributed by atoms with Gasteiger partial charge >= 0.3 is 0 Å². The van der Waals surface area contributed by atoms with E-state index in [1.54, 1.807) is 0 Å². The van der Waals surface area contributed by atoms with Gasteiger partial charge in [-0.3, -0.25) is 0 Å². The van der Waals surface area contributed by atoms with E-state index in [-0.39, 0.29) is 6.04 Å². The standard InChI is InChI=1S/C16H17NO/c1-11-5-7-12(8-6-11)15(17)14-4-2-3-13-9-10-18-16(13)14/h2-8,15H,9-10,17H2,1H3. The van der Waals surface area contributed by atoms with Crippen LogP contribution in [0.4, 0.5) is 0 Å². The van der Waals surface area contributed by atoms with Crippen molar-refractivity contribution in [1.82, 2.24) is 0 Å². The molecule has 1 aliphatic heterocycles. The molecule has 18 heavy (non-hydrogen) atoms. The average molecular weight is 239 g/mol. The summed E-state index contributed by atoms with van der Waals surface area (Å²) in [6.07, 6.45) is 0.990. The van der Waals surface area contributed by atoms with Gasteiger partial charge in [-0.05, 0) is 18.1 Å². The van der Waals surface area contributed by atoms with Gasteiger partial charge in [0.25, 0.3) is 0 Å². The minimum atomic E-state index is -0.112. The lowest BCUT2D eigenvalue weighted by Gasteiger charge is -2.16. The maximum Gasteiger partial charge on any atom is 0.127 e. The third-order valence-electron chi connectivity index (χ3n) is 3.52. The monoisotopic (exact) mass is 239 g/mol. The van der Waals surface area contributed by atoms with Crippen LogP contribution < -0.4 is 10.5 Å². The Kier molecular flexibility index (Phi) is 2.80. The molecule has 1 unspecified atom stereocenters. The molecule has 2 heteroatoms. The fourth-order valence-corrected chi connectivity index (χ4v) is 2.44. The topological polar surface area (TPSA) is 35.2 Å². The van der Waals surface area contributed by atoms with Gasteiger partial charge in [-0.25, -0.2) is 0 Å². The van der Waals surface area contributed by atoms with Crippen molar-refractivity contribution in [1.29, 1.82) is 0 Å². The molecule has 0 spiro atoms. The number of benzene rings is 2. The molecule has 92 valence electrons. The van der Waals surface area contributed by atoms with Crippen LogP contribution in [0.3, 0.4) is 0 Å². The molecule has 1 heterocycles. The SMILES string of the molecule is Cc1ccc(C(N)c2cccc3c2OCC3)cc1. The Balaban J connectivity index is 2.00. The number of fused-ring (bicyclic) bond motifs is 1. The van der Waals surface area contributed by atoms with Crippen molar-refractivity contribution in [3.63, 3.8) is 0 Å². The second kappa shape index (κ2) is 4.46. The molecule has 2 nitrogen and oxygen atoms in total. The summed E-state index contributed by atoms with van der Waals surface area (Å²) < 4.78 is 5.72. The molecule has 1 atom stereocenters. The van der Waals surface area contributed by atoms with Crippen molar-refractivity contribution in [2.24, 2.45) is 5.73 Å². The smallest absolute Gasteiger partial charge is 0.127 e. The molecule has 0 fully saturated rings. The zero-order valence-corrected chi connectivity index (χ0v) is 10.5. The van der Waals surface area contributed by atoms with Crippen LogP contribution in [0.1, 0.15) is 28.3 Å². The van der Waals surface area contributed by atoms with Crippen LogP contribution in [0.15, 0.2) is 42.5 Å². The normalized spacial score (nSPS) is 15.0. The molecule has 0 amide bonds. The molecule has 0 aliphatic carbocycles. The maximum absolute atomic E-state index is 6.36. The second-order valence-corrected chi connectivity index (χ2v) is 4.82. The van der Waals surface area contributed by atoms with Crippen LogP contribution in [0, 0.1) is 6.92 Å². The summed E-state index contributed by atoms with van der Waals surface area (Å²) in [6, 6.07) is 14.5. The van der Waals surface area contributed by atoms with Gasteiger partial charge in [0, 0.05) is 12.0 Å². The average Bonchev–Trinajstić information content (AvgIpc) is 2.87. The van der Waals surface area contributed by atoms with Crippen molar-refractivity contribution in [3.8, 4) is 5.75 Å². The number of hydrogen-bond acceptors (Lipinski definition) is 2. The third-order valence-corrected chi connectivity index (χ3v) is 3.52. The zero-order chi connectivity index (χ0) is 12.5. The molecular weight excluding hydrogens is 222 g/mol. The van der Waals surface area contributed by atoms with Crippen LogP contribution in [-0.4, -0.2) is 6.61 Å². The van der Waals surface area contributed by atoms with Gasteiger partial charge in [0.1, 0.15) is 5.75 Å². The van der Waals surface area contributed by atoms with Crippen molar-refractivity contribution >= 4 is 0 Å². The summed E-state index contributed by atoms with van der Waals surface area (Å²) in [4.78, 5) is 0. The largest absolute Gasteiger partial charge is 0.493 e. The Labute approximate surface area is 107 Å². The van der Waals surface area contributed by atoms with Gasteiger partial charge in [0.05, 0.1) is 12.6 Å². The quantitative estimate of drug-likeness (QED) is 0.874. The lowest BCUT2D eigenvalue weighted by atomic mass is 9.96. The van der Waals surface area contributed by atoms with E-state index in [0.717, 1.165) is 29.9 Å². The highest BCUT2D eigenvalue weighted by molar-refractivity contribution is 5.48. The molecule has 2 aromatic rings. The molecule has 0 aromatic heterocycles. The molecule has 0 saturated heterocycles. The van der Waals surface area contributed by atoms with Crippen molar-refractivity contribution in [2.75, 3.05) is 6.61 Å². The predicted octanol–water partition coefficient (Wildman–Crippen LogP) is 2.98. The summed E-state index contributed by atoms with van der Waals surface area (Å²) in [5.74, 6) is 0.991. The van der Waals surface area contributed by atoms with Crippen LogP contribution in [-0.2, 0) is 6.42 Å². The van der Waals surface area contributed by atoms with Gasteiger partial charge < -0.3 is 10.5 Å². The highest BCUT2D eigenvalue weighted by atomic mass is 16.5. The molecule has 1 aliphatic rings. The molecule has 2 aromatic carbocycles. The molecule has 2 N–H and O–H groups in total. The predicted molar refractivity (Wildman–Crippen MR) is 72.9 cm³/mol. The summed E-state index contributed by atoms with van der Waals surface area (Å²) in [5.41, 5.74) is 11.1. The summed E-state index contributed by atoms with van der Waals surface area (Å²) in [6.45, 7) is 2.85. The first-order chi connectivity index (χ1) is 8.75. The Morgan fingerprint density at radius 1 is 1.11 bits per heavy atom. The number of rotatable bonds is 2. The number of ether oxygens (including phenoxy) is 1. The minimum Gasteiger partial charge on any atom is -0.493 e. The molecule has 0 saturated carbocycles. The van der Waals surface area contributed by atoms with Gasteiger partial charge in [-0.2, -0.15) is 0 Å². The second-order valence-electron chi connectivity index (χ2n) is 4.82. The van der Waals surface area contributed by atoms with Gasteiger partial charge in [-0.15, -0.1) is 0 Å². The van der Waals surface area contributed by atoms with Crippen LogP contribution >= 0.6 is 0 Å². The van der Waals surface area contributed by atoms with E-state index >= 15 is 0 Å². The molecule has 3 rings (SSSR count). The van der Waals surface area contributed by atoms with E-state index in [2.05, 4.69) is 49.4 Å². The number of para-hydroxylation sites is 1. The summed E-state index contributed by atoms with van der Waals surface area (Å²) in [7, 11) is 0. The van der Waals surface area contributed by atoms with E-state index in [9.17, 15) is 0 Å². The molecule has 0 bridgehead atoms. The Morgan fingerprint density at radius 3 is 2.67 bits per heavy atom. The zero-order valence-electron chi connectivity index (χ0n) is 10.5. The van der Waals surface area contributed by atoms with Crippen molar-refractivity contribution in [2.45, 2.75) is 19.4 Å². The Morgan fingerprint density at radius 2 is 1.89 bits per heavy atom. The first-order valence-corrected chi connectivity index (χ1v) is 6.32. The minimum absolute atomic E-state index is 0.112. The highest BCUT2D eigenvalue weighted by Crippen LogP contribution is 2.34. The molecule has 0 radical (unpaired) electrons. The fourth-order valence-electron chi connectivity index (χ4n) is 2.44. The van der Waals surface area contributed by atoms with Gasteiger partial charge in [-0.1, -0.05) is 48.0 Å². The van der Waals surface area contributed by atoms with Crippen molar-refractivity contribution < 1.29 is 4.74 Å². The van der Waals surface area contributed by atoms with Crippen LogP contribution in [0.2, 0.25) is 0 Å².